The molecule has 0 aliphatic heterocycles. The first-order valence-electron chi connectivity index (χ1n) is 8.45. The Bertz CT molecular complexity index is 1110. The fraction of sp³-hybridized carbons (Fsp3) is 0.105. The van der Waals surface area contributed by atoms with Gasteiger partial charge in [0.1, 0.15) is 0 Å². The molecule has 10 heteroatoms. The van der Waals surface area contributed by atoms with E-state index in [-0.39, 0.29) is 10.8 Å². The van der Waals surface area contributed by atoms with E-state index in [0.29, 0.717) is 22.1 Å². The maximum atomic E-state index is 12.4. The zero-order chi connectivity index (χ0) is 20.9. The van der Waals surface area contributed by atoms with Gasteiger partial charge in [0.15, 0.2) is 4.34 Å². The highest BCUT2D eigenvalue weighted by atomic mass is 32.2. The predicted octanol–water partition coefficient (Wildman–Crippen LogP) is 4.18. The summed E-state index contributed by atoms with van der Waals surface area (Å²) in [5.74, 6) is 0.358. The topological polar surface area (TPSA) is 101 Å². The van der Waals surface area contributed by atoms with E-state index in [2.05, 4.69) is 26.8 Å². The Hall–Kier alpha value is -2.69. The van der Waals surface area contributed by atoms with Gasteiger partial charge in [0.2, 0.25) is 5.13 Å². The highest BCUT2D eigenvalue weighted by Gasteiger charge is 2.15. The molecule has 2 aromatic carbocycles. The van der Waals surface area contributed by atoms with Gasteiger partial charge in [-0.1, -0.05) is 46.9 Å². The highest BCUT2D eigenvalue weighted by Crippen LogP contribution is 2.26. The summed E-state index contributed by atoms with van der Waals surface area (Å²) >= 11 is 2.76. The van der Waals surface area contributed by atoms with Crippen molar-refractivity contribution in [2.75, 3.05) is 15.8 Å². The number of nitrogens with zero attached hydrogens (tertiary/aromatic N) is 2. The second kappa shape index (κ2) is 9.21. The Morgan fingerprint density at radius 1 is 1.14 bits per heavy atom. The lowest BCUT2D eigenvalue weighted by Gasteiger charge is -2.09. The first kappa shape index (κ1) is 21.0. The van der Waals surface area contributed by atoms with Crippen LogP contribution >= 0.6 is 23.1 Å². The van der Waals surface area contributed by atoms with E-state index in [1.807, 2.05) is 6.92 Å². The number of benzene rings is 2. The zero-order valence-electron chi connectivity index (χ0n) is 15.5. The lowest BCUT2D eigenvalue weighted by Crippen LogP contribution is -2.14. The number of carbonyl (C=O) groups is 1. The molecule has 29 heavy (non-hydrogen) atoms. The molecule has 2 N–H and O–H groups in total. The number of aromatic nitrogens is 2. The van der Waals surface area contributed by atoms with E-state index in [0.717, 1.165) is 9.90 Å². The van der Waals surface area contributed by atoms with Gasteiger partial charge in [0.25, 0.3) is 15.9 Å². The van der Waals surface area contributed by atoms with Gasteiger partial charge in [0, 0.05) is 17.0 Å². The number of carbonyl (C=O) groups excluding carboxylic acids is 1. The van der Waals surface area contributed by atoms with Gasteiger partial charge >= 0.3 is 0 Å². The monoisotopic (exact) mass is 446 g/mol. The average molecular weight is 447 g/mol. The minimum Gasteiger partial charge on any atom is -0.296 e. The second-order valence-electron chi connectivity index (χ2n) is 5.92. The summed E-state index contributed by atoms with van der Waals surface area (Å²) in [6, 6.07) is 12.7. The number of hydrogen-bond acceptors (Lipinski definition) is 7. The molecule has 0 fully saturated rings. The van der Waals surface area contributed by atoms with Gasteiger partial charge in [0.05, 0.1) is 4.90 Å². The molecule has 0 aliphatic carbocycles. The van der Waals surface area contributed by atoms with Crippen LogP contribution in [0.3, 0.4) is 0 Å². The third kappa shape index (κ3) is 5.66. The Balaban J connectivity index is 1.64. The molecule has 1 amide bonds. The molecule has 7 nitrogen and oxygen atoms in total. The molecule has 0 aliphatic rings. The molecule has 0 radical (unpaired) electrons. The molecule has 150 valence electrons. The van der Waals surface area contributed by atoms with Crippen LogP contribution in [0.15, 0.2) is 70.4 Å². The first-order valence-corrected chi connectivity index (χ1v) is 11.7. The first-order chi connectivity index (χ1) is 13.9. The Kier molecular flexibility index (Phi) is 6.68. The van der Waals surface area contributed by atoms with Crippen molar-refractivity contribution in [3.8, 4) is 0 Å². The summed E-state index contributed by atoms with van der Waals surface area (Å²) < 4.78 is 28.1. The summed E-state index contributed by atoms with van der Waals surface area (Å²) in [5.41, 5.74) is 1.71. The van der Waals surface area contributed by atoms with Crippen LogP contribution in [0.25, 0.3) is 0 Å². The summed E-state index contributed by atoms with van der Waals surface area (Å²) in [4.78, 5) is 12.5. The van der Waals surface area contributed by atoms with Gasteiger partial charge in [-0.05, 0) is 43.3 Å². The van der Waals surface area contributed by atoms with Crippen molar-refractivity contribution < 1.29 is 13.2 Å². The number of hydrogen-bond donors (Lipinski definition) is 2. The molecule has 0 saturated carbocycles. The van der Waals surface area contributed by atoms with Crippen LogP contribution in [0, 0.1) is 6.92 Å². The van der Waals surface area contributed by atoms with Gasteiger partial charge in [-0.25, -0.2) is 8.42 Å². The van der Waals surface area contributed by atoms with Crippen molar-refractivity contribution in [3.05, 3.63) is 72.3 Å². The number of sulfonamides is 1. The maximum absolute atomic E-state index is 12.4. The maximum Gasteiger partial charge on any atom is 0.261 e. The van der Waals surface area contributed by atoms with Crippen molar-refractivity contribution in [1.29, 1.82) is 0 Å². The fourth-order valence-corrected chi connectivity index (χ4v) is 4.81. The lowest BCUT2D eigenvalue weighted by atomic mass is 10.2. The number of thioether (sulfide) groups is 1. The summed E-state index contributed by atoms with van der Waals surface area (Å²) in [6.07, 6.45) is 1.76. The molecule has 0 atom stereocenters. The van der Waals surface area contributed by atoms with E-state index in [4.69, 9.17) is 0 Å². The number of anilines is 2. The number of nitrogens with one attached hydrogen (secondary N) is 2. The molecule has 3 rings (SSSR count). The van der Waals surface area contributed by atoms with E-state index >= 15 is 0 Å². The average Bonchev–Trinajstić information content (AvgIpc) is 3.14. The number of amides is 1. The zero-order valence-corrected chi connectivity index (χ0v) is 17.9. The Morgan fingerprint density at radius 3 is 2.48 bits per heavy atom. The lowest BCUT2D eigenvalue weighted by molar-refractivity contribution is 0.102. The predicted molar refractivity (Wildman–Crippen MR) is 117 cm³/mol. The molecule has 0 bridgehead atoms. The van der Waals surface area contributed by atoms with Gasteiger partial charge in [-0.3, -0.25) is 14.8 Å². The molecule has 1 heterocycles. The van der Waals surface area contributed by atoms with Gasteiger partial charge < -0.3 is 0 Å². The third-order valence-corrected chi connectivity index (χ3v) is 7.05. The van der Waals surface area contributed by atoms with Crippen molar-refractivity contribution >= 4 is 49.8 Å². The van der Waals surface area contributed by atoms with Crippen LogP contribution in [0.4, 0.5) is 10.8 Å². The quantitative estimate of drug-likeness (QED) is 0.306. The molecule has 0 saturated heterocycles. The van der Waals surface area contributed by atoms with Crippen molar-refractivity contribution in [2.24, 2.45) is 0 Å². The Labute approximate surface area is 177 Å². The minimum atomic E-state index is -3.69. The molecule has 0 unspecified atom stereocenters. The van der Waals surface area contributed by atoms with Crippen LogP contribution < -0.4 is 10.0 Å². The van der Waals surface area contributed by atoms with Crippen molar-refractivity contribution in [1.82, 2.24) is 10.2 Å². The summed E-state index contributed by atoms with van der Waals surface area (Å²) in [7, 11) is -3.69. The van der Waals surface area contributed by atoms with Crippen molar-refractivity contribution in [3.63, 3.8) is 0 Å². The number of rotatable bonds is 8. The van der Waals surface area contributed by atoms with E-state index in [1.165, 1.54) is 47.4 Å². The molecular weight excluding hydrogens is 428 g/mol. The van der Waals surface area contributed by atoms with Crippen LogP contribution in [0.5, 0.6) is 0 Å². The van der Waals surface area contributed by atoms with Crippen LogP contribution in [-0.4, -0.2) is 30.3 Å². The largest absolute Gasteiger partial charge is 0.296 e. The highest BCUT2D eigenvalue weighted by molar-refractivity contribution is 8.01. The Morgan fingerprint density at radius 2 is 1.83 bits per heavy atom. The van der Waals surface area contributed by atoms with Crippen LogP contribution in [0.1, 0.15) is 15.9 Å². The van der Waals surface area contributed by atoms with E-state index < -0.39 is 10.0 Å². The summed E-state index contributed by atoms with van der Waals surface area (Å²) in [5, 5.41) is 11.0. The van der Waals surface area contributed by atoms with Crippen molar-refractivity contribution in [2.45, 2.75) is 16.2 Å². The molecular formula is C19H18N4O3S3. The number of aryl methyl sites for hydroxylation is 1. The van der Waals surface area contributed by atoms with Crippen LogP contribution in [0.2, 0.25) is 0 Å². The second-order valence-corrected chi connectivity index (χ2v) is 9.85. The fourth-order valence-electron chi connectivity index (χ4n) is 2.24. The smallest absolute Gasteiger partial charge is 0.261 e. The molecule has 3 aromatic rings. The minimum absolute atomic E-state index is 0.173. The summed E-state index contributed by atoms with van der Waals surface area (Å²) in [6.45, 7) is 5.53. The van der Waals surface area contributed by atoms with Gasteiger partial charge in [-0.2, -0.15) is 0 Å². The SMILES string of the molecule is C=CCSc1nnc(NC(=O)c2ccc(NS(=O)(=O)c3ccc(C)cc3)cc2)s1. The van der Waals surface area contributed by atoms with E-state index in [1.54, 1.807) is 30.3 Å². The standard InChI is InChI=1S/C19H18N4O3S3/c1-3-12-27-19-22-21-18(28-19)20-17(24)14-6-8-15(9-7-14)23-29(25,26)16-10-4-13(2)5-11-16/h3-11,23H,1,12H2,2H3,(H,20,21,24). The van der Waals surface area contributed by atoms with Crippen LogP contribution in [-0.2, 0) is 10.0 Å². The van der Waals surface area contributed by atoms with Gasteiger partial charge in [-0.15, -0.1) is 16.8 Å². The normalized spacial score (nSPS) is 11.1. The molecule has 1 aromatic heterocycles. The third-order valence-electron chi connectivity index (χ3n) is 3.68. The van der Waals surface area contributed by atoms with E-state index in [9.17, 15) is 13.2 Å². The molecule has 0 spiro atoms.